The van der Waals surface area contributed by atoms with Crippen molar-refractivity contribution < 1.29 is 40.3 Å². The number of hydrogen-bond acceptors (Lipinski definition) is 2. The summed E-state index contributed by atoms with van der Waals surface area (Å²) in [5.74, 6) is -15.5. The Hall–Kier alpha value is -1.80. The topological polar surface area (TPSA) is 26.3 Å². The molecule has 0 radical (unpaired) electrons. The molecule has 0 aliphatic carbocycles. The van der Waals surface area contributed by atoms with E-state index in [2.05, 4.69) is 4.74 Å². The minimum atomic E-state index is -6.57. The highest BCUT2D eigenvalue weighted by molar-refractivity contribution is 5.79. The normalized spacial score (nSPS) is 13.1. The Morgan fingerprint density at radius 2 is 1.57 bits per heavy atom. The quantitative estimate of drug-likeness (QED) is 0.622. The number of esters is 1. The summed E-state index contributed by atoms with van der Waals surface area (Å²) in [6, 6.07) is 5.90. The lowest BCUT2D eigenvalue weighted by atomic mass is 10.1. The number of carbonyl (C=O) groups is 1. The van der Waals surface area contributed by atoms with Gasteiger partial charge in [-0.15, -0.1) is 0 Å². The number of aryl methyl sites for hydroxylation is 1. The molecule has 2 nitrogen and oxygen atoms in total. The number of carbonyl (C=O) groups excluding carboxylic acids is 1. The maximum atomic E-state index is 12.9. The van der Waals surface area contributed by atoms with Gasteiger partial charge in [-0.3, -0.25) is 0 Å². The molecule has 0 saturated carbocycles. The summed E-state index contributed by atoms with van der Waals surface area (Å²) in [7, 11) is 0. The molecule has 118 valence electrons. The molecule has 0 atom stereocenters. The summed E-state index contributed by atoms with van der Waals surface area (Å²) in [5, 5.41) is 0. The molecule has 0 heterocycles. The molecular formula is C12H9F7O2. The molecular weight excluding hydrogens is 309 g/mol. The smallest absolute Gasteiger partial charge is 0.456 e. The molecule has 0 amide bonds. The molecule has 1 rings (SSSR count). The van der Waals surface area contributed by atoms with Crippen molar-refractivity contribution in [3.63, 3.8) is 0 Å². The third-order valence-electron chi connectivity index (χ3n) is 2.63. The van der Waals surface area contributed by atoms with Gasteiger partial charge in [-0.2, -0.15) is 30.7 Å². The van der Waals surface area contributed by atoms with Gasteiger partial charge in [0.25, 0.3) is 0 Å². The minimum Gasteiger partial charge on any atom is -0.456 e. The highest BCUT2D eigenvalue weighted by Gasteiger charge is 2.77. The van der Waals surface area contributed by atoms with E-state index in [9.17, 15) is 35.5 Å². The van der Waals surface area contributed by atoms with Crippen molar-refractivity contribution in [1.29, 1.82) is 0 Å². The maximum absolute atomic E-state index is 12.9. The van der Waals surface area contributed by atoms with Crippen LogP contribution in [0.4, 0.5) is 30.7 Å². The molecule has 0 fully saturated rings. The molecule has 0 bridgehead atoms. The van der Waals surface area contributed by atoms with Crippen LogP contribution in [0, 0.1) is 6.92 Å². The molecule has 0 saturated heterocycles. The number of benzene rings is 1. The third kappa shape index (κ3) is 3.27. The van der Waals surface area contributed by atoms with E-state index in [1.165, 1.54) is 25.1 Å². The van der Waals surface area contributed by atoms with Crippen molar-refractivity contribution in [2.24, 2.45) is 0 Å². The molecule has 0 unspecified atom stereocenters. The van der Waals surface area contributed by atoms with Gasteiger partial charge in [0.2, 0.25) is 0 Å². The lowest BCUT2D eigenvalue weighted by Gasteiger charge is -2.26. The average molecular weight is 318 g/mol. The molecule has 1 aromatic rings. The van der Waals surface area contributed by atoms with E-state index in [1.807, 2.05) is 0 Å². The van der Waals surface area contributed by atoms with Crippen molar-refractivity contribution >= 4 is 5.97 Å². The third-order valence-corrected chi connectivity index (χ3v) is 2.63. The summed E-state index contributed by atoms with van der Waals surface area (Å²) in [6.07, 6.45) is -6.57. The molecule has 0 N–H and O–H groups in total. The van der Waals surface area contributed by atoms with Gasteiger partial charge in [-0.1, -0.05) is 24.3 Å². The summed E-state index contributed by atoms with van der Waals surface area (Å²) in [6.45, 7) is 0.681. The maximum Gasteiger partial charge on any atom is 0.460 e. The Kier molecular flexibility index (Phi) is 4.54. The average Bonchev–Trinajstić information content (AvgIpc) is 2.35. The van der Waals surface area contributed by atoms with Gasteiger partial charge < -0.3 is 4.74 Å². The monoisotopic (exact) mass is 318 g/mol. The summed E-state index contributed by atoms with van der Waals surface area (Å²) in [5.41, 5.74) is 0.702. The van der Waals surface area contributed by atoms with E-state index >= 15 is 0 Å². The summed E-state index contributed by atoms with van der Waals surface area (Å²) >= 11 is 0. The van der Waals surface area contributed by atoms with Gasteiger partial charge >= 0.3 is 24.0 Å². The van der Waals surface area contributed by atoms with Gasteiger partial charge in [0.15, 0.2) is 0 Å². The minimum absolute atomic E-state index is 0.206. The molecule has 0 spiro atoms. The van der Waals surface area contributed by atoms with Crippen LogP contribution in [-0.2, 0) is 16.1 Å². The van der Waals surface area contributed by atoms with Gasteiger partial charge in [0.05, 0.1) is 0 Å². The molecule has 0 aromatic heterocycles. The van der Waals surface area contributed by atoms with Crippen LogP contribution in [0.5, 0.6) is 0 Å². The zero-order valence-electron chi connectivity index (χ0n) is 10.5. The van der Waals surface area contributed by atoms with Crippen LogP contribution in [0.1, 0.15) is 11.1 Å². The Morgan fingerprint density at radius 3 is 2.05 bits per heavy atom. The van der Waals surface area contributed by atoms with Crippen molar-refractivity contribution in [2.75, 3.05) is 0 Å². The second kappa shape index (κ2) is 5.53. The fraction of sp³-hybridized carbons (Fsp3) is 0.417. The molecule has 0 aliphatic heterocycles. The first-order chi connectivity index (χ1) is 9.41. The number of rotatable bonds is 4. The van der Waals surface area contributed by atoms with Gasteiger partial charge in [0.1, 0.15) is 6.61 Å². The SMILES string of the molecule is Cc1ccccc1COC(=O)C(F)(F)C(F)(F)C(F)(F)F. The van der Waals surface area contributed by atoms with E-state index in [0.29, 0.717) is 5.56 Å². The highest BCUT2D eigenvalue weighted by atomic mass is 19.4. The van der Waals surface area contributed by atoms with Crippen LogP contribution >= 0.6 is 0 Å². The highest BCUT2D eigenvalue weighted by Crippen LogP contribution is 2.47. The lowest BCUT2D eigenvalue weighted by Crippen LogP contribution is -2.56. The molecule has 1 aromatic carbocycles. The van der Waals surface area contributed by atoms with Crippen LogP contribution in [0.3, 0.4) is 0 Å². The summed E-state index contributed by atoms with van der Waals surface area (Å²) in [4.78, 5) is 10.9. The molecule has 21 heavy (non-hydrogen) atoms. The predicted octanol–water partition coefficient (Wildman–Crippen LogP) is 3.87. The number of halogens is 7. The Bertz CT molecular complexity index is 523. The number of alkyl halides is 7. The first-order valence-corrected chi connectivity index (χ1v) is 5.45. The van der Waals surface area contributed by atoms with Crippen molar-refractivity contribution in [3.8, 4) is 0 Å². The molecule has 0 aliphatic rings. The first kappa shape index (κ1) is 17.3. The lowest BCUT2D eigenvalue weighted by molar-refractivity contribution is -0.348. The van der Waals surface area contributed by atoms with Gasteiger partial charge in [-0.05, 0) is 18.1 Å². The van der Waals surface area contributed by atoms with Gasteiger partial charge in [-0.25, -0.2) is 4.79 Å². The van der Waals surface area contributed by atoms with Crippen LogP contribution in [0.25, 0.3) is 0 Å². The van der Waals surface area contributed by atoms with E-state index in [4.69, 9.17) is 0 Å². The Morgan fingerprint density at radius 1 is 1.05 bits per heavy atom. The van der Waals surface area contributed by atoms with Crippen molar-refractivity contribution in [3.05, 3.63) is 35.4 Å². The van der Waals surface area contributed by atoms with E-state index in [-0.39, 0.29) is 5.56 Å². The van der Waals surface area contributed by atoms with Crippen LogP contribution in [-0.4, -0.2) is 24.0 Å². The summed E-state index contributed by atoms with van der Waals surface area (Å²) < 4.78 is 90.6. The standard InChI is InChI=1S/C12H9F7O2/c1-7-4-2-3-5-8(7)6-21-9(20)10(13,14)11(15,16)12(17,18)19/h2-5H,6H2,1H3. The zero-order chi connectivity index (χ0) is 16.5. The van der Waals surface area contributed by atoms with Crippen LogP contribution in [0.15, 0.2) is 24.3 Å². The predicted molar refractivity (Wildman–Crippen MR) is 56.9 cm³/mol. The van der Waals surface area contributed by atoms with E-state index in [0.717, 1.165) is 0 Å². The Balaban J connectivity index is 2.86. The second-order valence-electron chi connectivity index (χ2n) is 4.15. The number of hydrogen-bond donors (Lipinski definition) is 0. The number of ether oxygens (including phenoxy) is 1. The first-order valence-electron chi connectivity index (χ1n) is 5.45. The second-order valence-corrected chi connectivity index (χ2v) is 4.15. The fourth-order valence-electron chi connectivity index (χ4n) is 1.31. The van der Waals surface area contributed by atoms with E-state index < -0.39 is 30.6 Å². The van der Waals surface area contributed by atoms with Gasteiger partial charge in [0, 0.05) is 0 Å². The van der Waals surface area contributed by atoms with Crippen molar-refractivity contribution in [2.45, 2.75) is 31.6 Å². The van der Waals surface area contributed by atoms with E-state index in [1.54, 1.807) is 6.07 Å². The largest absolute Gasteiger partial charge is 0.460 e. The zero-order valence-corrected chi connectivity index (χ0v) is 10.5. The molecule has 9 heteroatoms. The Labute approximate surface area is 114 Å². The van der Waals surface area contributed by atoms with Crippen molar-refractivity contribution in [1.82, 2.24) is 0 Å². The van der Waals surface area contributed by atoms with Crippen LogP contribution in [0.2, 0.25) is 0 Å². The van der Waals surface area contributed by atoms with Crippen LogP contribution < -0.4 is 0 Å². The fourth-order valence-corrected chi connectivity index (χ4v) is 1.31.